The molecule has 0 amide bonds. The summed E-state index contributed by atoms with van der Waals surface area (Å²) in [5, 5.41) is 0. The van der Waals surface area contributed by atoms with Crippen molar-refractivity contribution in [3.05, 3.63) is 58.9 Å². The summed E-state index contributed by atoms with van der Waals surface area (Å²) in [6.07, 6.45) is 0.788. The number of benzene rings is 2. The number of fused-ring (bicyclic) bond motifs is 1. The van der Waals surface area contributed by atoms with Crippen LogP contribution in [0.1, 0.15) is 27.9 Å². The third-order valence-corrected chi connectivity index (χ3v) is 5.03. The number of ketones is 1. The van der Waals surface area contributed by atoms with Crippen molar-refractivity contribution in [1.82, 2.24) is 0 Å². The maximum Gasteiger partial charge on any atom is 0.339 e. The average Bonchev–Trinajstić information content (AvgIpc) is 2.84. The van der Waals surface area contributed by atoms with Crippen LogP contribution in [0.5, 0.6) is 5.75 Å². The molecule has 1 aliphatic carbocycles. The van der Waals surface area contributed by atoms with Gasteiger partial charge in [0.1, 0.15) is 16.5 Å². The van der Waals surface area contributed by atoms with Gasteiger partial charge in [0.15, 0.2) is 5.78 Å². The minimum Gasteiger partial charge on any atom is -0.379 e. The highest BCUT2D eigenvalue weighted by molar-refractivity contribution is 7.87. The van der Waals surface area contributed by atoms with Crippen molar-refractivity contribution >= 4 is 15.9 Å². The van der Waals surface area contributed by atoms with Crippen LogP contribution in [0.4, 0.5) is 4.39 Å². The summed E-state index contributed by atoms with van der Waals surface area (Å²) >= 11 is 0. The molecular weight excluding hydrogens is 307 g/mol. The molecule has 1 aliphatic rings. The second-order valence-electron chi connectivity index (χ2n) is 5.15. The Labute approximate surface area is 127 Å². The van der Waals surface area contributed by atoms with Crippen LogP contribution in [0.2, 0.25) is 0 Å². The maximum atomic E-state index is 13.3. The van der Waals surface area contributed by atoms with Crippen LogP contribution in [0.3, 0.4) is 0 Å². The van der Waals surface area contributed by atoms with E-state index in [0.29, 0.717) is 29.5 Å². The normalized spacial score (nSPS) is 14.0. The third kappa shape index (κ3) is 2.50. The van der Waals surface area contributed by atoms with Crippen molar-refractivity contribution in [3.8, 4) is 5.75 Å². The Balaban J connectivity index is 2.03. The van der Waals surface area contributed by atoms with Gasteiger partial charge < -0.3 is 4.18 Å². The van der Waals surface area contributed by atoms with Gasteiger partial charge in [-0.05, 0) is 37.1 Å². The van der Waals surface area contributed by atoms with E-state index in [1.54, 1.807) is 19.1 Å². The zero-order valence-electron chi connectivity index (χ0n) is 11.8. The molecule has 2 aromatic carbocycles. The first kappa shape index (κ1) is 14.7. The highest BCUT2D eigenvalue weighted by Crippen LogP contribution is 2.32. The summed E-state index contributed by atoms with van der Waals surface area (Å²) in [5.41, 5.74) is 1.47. The highest BCUT2D eigenvalue weighted by atomic mass is 32.2. The molecule has 4 nitrogen and oxygen atoms in total. The Morgan fingerprint density at radius 2 is 1.91 bits per heavy atom. The summed E-state index contributed by atoms with van der Waals surface area (Å²) in [7, 11) is -4.16. The van der Waals surface area contributed by atoms with Crippen molar-refractivity contribution < 1.29 is 21.8 Å². The Morgan fingerprint density at radius 1 is 1.14 bits per heavy atom. The lowest BCUT2D eigenvalue weighted by molar-refractivity contribution is 0.0994. The first-order valence-electron chi connectivity index (χ1n) is 6.74. The van der Waals surface area contributed by atoms with Crippen LogP contribution < -0.4 is 4.18 Å². The largest absolute Gasteiger partial charge is 0.379 e. The fourth-order valence-electron chi connectivity index (χ4n) is 2.54. The van der Waals surface area contributed by atoms with Gasteiger partial charge in [0.2, 0.25) is 0 Å². The van der Waals surface area contributed by atoms with Crippen LogP contribution in [-0.4, -0.2) is 14.2 Å². The Morgan fingerprint density at radius 3 is 2.68 bits per heavy atom. The third-order valence-electron chi connectivity index (χ3n) is 3.65. The summed E-state index contributed by atoms with van der Waals surface area (Å²) in [6.45, 7) is 1.56. The minimum absolute atomic E-state index is 0.0280. The number of hydrogen-bond acceptors (Lipinski definition) is 4. The number of carbonyl (C=O) groups excluding carboxylic acids is 1. The molecular formula is C16H13FO4S. The molecule has 0 N–H and O–H groups in total. The van der Waals surface area contributed by atoms with Gasteiger partial charge in [0, 0.05) is 17.5 Å². The highest BCUT2D eigenvalue weighted by Gasteiger charge is 2.26. The van der Waals surface area contributed by atoms with E-state index in [-0.39, 0.29) is 16.4 Å². The molecule has 0 heterocycles. The van der Waals surface area contributed by atoms with E-state index in [4.69, 9.17) is 4.18 Å². The van der Waals surface area contributed by atoms with E-state index in [1.807, 2.05) is 0 Å². The molecule has 0 fully saturated rings. The van der Waals surface area contributed by atoms with Gasteiger partial charge in [-0.2, -0.15) is 8.42 Å². The number of hydrogen-bond donors (Lipinski definition) is 0. The Hall–Kier alpha value is -2.21. The van der Waals surface area contributed by atoms with Crippen molar-refractivity contribution in [2.75, 3.05) is 0 Å². The Kier molecular flexibility index (Phi) is 3.48. The van der Waals surface area contributed by atoms with Gasteiger partial charge in [0.25, 0.3) is 0 Å². The van der Waals surface area contributed by atoms with Crippen LogP contribution in [0, 0.1) is 12.7 Å². The van der Waals surface area contributed by atoms with Crippen molar-refractivity contribution in [2.24, 2.45) is 0 Å². The molecule has 0 aromatic heterocycles. The molecule has 0 bridgehead atoms. The Bertz CT molecular complexity index is 872. The zero-order chi connectivity index (χ0) is 15.9. The second kappa shape index (κ2) is 5.21. The molecule has 0 unspecified atom stereocenters. The van der Waals surface area contributed by atoms with Gasteiger partial charge >= 0.3 is 10.1 Å². The number of Topliss-reactive ketones (excluding diaryl/α,β-unsaturated/α-hetero) is 1. The number of carbonyl (C=O) groups is 1. The monoisotopic (exact) mass is 320 g/mol. The molecule has 3 rings (SSSR count). The van der Waals surface area contributed by atoms with E-state index in [1.165, 1.54) is 18.2 Å². The molecule has 0 aliphatic heterocycles. The van der Waals surface area contributed by atoms with Crippen LogP contribution in [0.25, 0.3) is 0 Å². The molecule has 22 heavy (non-hydrogen) atoms. The molecule has 0 atom stereocenters. The van der Waals surface area contributed by atoms with E-state index in [9.17, 15) is 17.6 Å². The number of halogens is 1. The fourth-order valence-corrected chi connectivity index (χ4v) is 3.74. The van der Waals surface area contributed by atoms with Crippen molar-refractivity contribution in [3.63, 3.8) is 0 Å². The molecule has 114 valence electrons. The number of aryl methyl sites for hydroxylation is 1. The van der Waals surface area contributed by atoms with E-state index < -0.39 is 15.9 Å². The van der Waals surface area contributed by atoms with Gasteiger partial charge in [-0.25, -0.2) is 4.39 Å². The molecule has 0 radical (unpaired) electrons. The predicted molar refractivity (Wildman–Crippen MR) is 78.0 cm³/mol. The summed E-state index contributed by atoms with van der Waals surface area (Å²) < 4.78 is 43.3. The molecule has 0 spiro atoms. The number of rotatable bonds is 3. The van der Waals surface area contributed by atoms with E-state index in [0.717, 1.165) is 6.07 Å². The van der Waals surface area contributed by atoms with Crippen molar-refractivity contribution in [1.29, 1.82) is 0 Å². The van der Waals surface area contributed by atoms with Crippen LogP contribution in [0.15, 0.2) is 41.3 Å². The minimum atomic E-state index is -4.16. The quantitative estimate of drug-likeness (QED) is 0.816. The molecule has 0 saturated carbocycles. The van der Waals surface area contributed by atoms with Crippen LogP contribution in [-0.2, 0) is 16.5 Å². The average molecular weight is 320 g/mol. The van der Waals surface area contributed by atoms with E-state index in [2.05, 4.69) is 0 Å². The summed E-state index contributed by atoms with van der Waals surface area (Å²) in [5.74, 6) is -0.548. The zero-order valence-corrected chi connectivity index (χ0v) is 12.6. The molecule has 0 saturated heterocycles. The first-order chi connectivity index (χ1) is 10.4. The SMILES string of the molecule is Cc1ccc(F)cc1S(=O)(=O)Oc1cccc2c1CCC2=O. The standard InChI is InChI=1S/C16H13FO4S/c1-10-5-6-11(17)9-16(10)22(19,20)21-15-4-2-3-12-13(15)7-8-14(12)18/h2-6,9H,7-8H2,1H3. The lowest BCUT2D eigenvalue weighted by Gasteiger charge is -2.12. The smallest absolute Gasteiger partial charge is 0.339 e. The maximum absolute atomic E-state index is 13.3. The van der Waals surface area contributed by atoms with Crippen LogP contribution >= 0.6 is 0 Å². The predicted octanol–water partition coefficient (Wildman–Crippen LogP) is 3.03. The van der Waals surface area contributed by atoms with Gasteiger partial charge in [-0.1, -0.05) is 18.2 Å². The van der Waals surface area contributed by atoms with Gasteiger partial charge in [-0.3, -0.25) is 4.79 Å². The second-order valence-corrected chi connectivity index (χ2v) is 6.67. The fraction of sp³-hybridized carbons (Fsp3) is 0.188. The molecule has 2 aromatic rings. The van der Waals surface area contributed by atoms with Crippen molar-refractivity contribution in [2.45, 2.75) is 24.7 Å². The first-order valence-corrected chi connectivity index (χ1v) is 8.15. The topological polar surface area (TPSA) is 60.4 Å². The lowest BCUT2D eigenvalue weighted by Crippen LogP contribution is -2.12. The van der Waals surface area contributed by atoms with E-state index >= 15 is 0 Å². The molecule has 6 heteroatoms. The van der Waals surface area contributed by atoms with Gasteiger partial charge in [0.05, 0.1) is 0 Å². The lowest BCUT2D eigenvalue weighted by atomic mass is 10.1. The van der Waals surface area contributed by atoms with Gasteiger partial charge in [-0.15, -0.1) is 0 Å². The summed E-state index contributed by atoms with van der Waals surface area (Å²) in [6, 6.07) is 8.23. The summed E-state index contributed by atoms with van der Waals surface area (Å²) in [4.78, 5) is 11.5.